The van der Waals surface area contributed by atoms with Crippen molar-refractivity contribution in [2.24, 2.45) is 0 Å². The van der Waals surface area contributed by atoms with Crippen LogP contribution in [0, 0.1) is 0 Å². The standard InChI is InChI=1S/C15H19NO5/c1-4-20-14(19)15(2,3)16-11-6-5-10(8-17)7-12(11)21-9-13(16)18/h5-7,17H,4,8-9H2,1-3H3. The second-order valence-electron chi connectivity index (χ2n) is 5.26. The summed E-state index contributed by atoms with van der Waals surface area (Å²) in [6, 6.07) is 5.02. The van der Waals surface area contributed by atoms with E-state index in [-0.39, 0.29) is 25.7 Å². The smallest absolute Gasteiger partial charge is 0.331 e. The van der Waals surface area contributed by atoms with Gasteiger partial charge in [0.05, 0.1) is 18.9 Å². The summed E-state index contributed by atoms with van der Waals surface area (Å²) in [6.07, 6.45) is 0. The van der Waals surface area contributed by atoms with Gasteiger partial charge in [0.1, 0.15) is 11.3 Å². The molecule has 0 fully saturated rings. The third-order valence-electron chi connectivity index (χ3n) is 3.38. The zero-order chi connectivity index (χ0) is 15.6. The van der Waals surface area contributed by atoms with E-state index in [2.05, 4.69) is 0 Å². The lowest BCUT2D eigenvalue weighted by molar-refractivity contribution is -0.150. The highest BCUT2D eigenvalue weighted by molar-refractivity contribution is 6.04. The van der Waals surface area contributed by atoms with Crippen molar-refractivity contribution in [3.8, 4) is 5.75 Å². The Bertz CT molecular complexity index is 567. The average Bonchev–Trinajstić information content (AvgIpc) is 2.46. The summed E-state index contributed by atoms with van der Waals surface area (Å²) in [4.78, 5) is 25.8. The van der Waals surface area contributed by atoms with Crippen LogP contribution in [0.25, 0.3) is 0 Å². The molecule has 0 aliphatic carbocycles. The van der Waals surface area contributed by atoms with E-state index < -0.39 is 11.5 Å². The highest BCUT2D eigenvalue weighted by Crippen LogP contribution is 2.37. The fourth-order valence-electron chi connectivity index (χ4n) is 2.31. The Morgan fingerprint density at radius 2 is 2.19 bits per heavy atom. The number of anilines is 1. The van der Waals surface area contributed by atoms with Crippen LogP contribution in [0.3, 0.4) is 0 Å². The van der Waals surface area contributed by atoms with Gasteiger partial charge in [-0.3, -0.25) is 9.69 Å². The van der Waals surface area contributed by atoms with Gasteiger partial charge in [0.25, 0.3) is 5.91 Å². The maximum Gasteiger partial charge on any atom is 0.331 e. The summed E-state index contributed by atoms with van der Waals surface area (Å²) in [5, 5.41) is 9.16. The van der Waals surface area contributed by atoms with Gasteiger partial charge in [-0.05, 0) is 38.5 Å². The van der Waals surface area contributed by atoms with Gasteiger partial charge < -0.3 is 14.6 Å². The predicted octanol–water partition coefficient (Wildman–Crippen LogP) is 1.25. The lowest BCUT2D eigenvalue weighted by atomic mass is 10.00. The first kappa shape index (κ1) is 15.3. The van der Waals surface area contributed by atoms with Crippen LogP contribution >= 0.6 is 0 Å². The fourth-order valence-corrected chi connectivity index (χ4v) is 2.31. The third kappa shape index (κ3) is 2.71. The van der Waals surface area contributed by atoms with Crippen LogP contribution in [0.15, 0.2) is 18.2 Å². The minimum absolute atomic E-state index is 0.119. The minimum atomic E-state index is -1.13. The van der Waals surface area contributed by atoms with Gasteiger partial charge in [0.2, 0.25) is 0 Å². The van der Waals surface area contributed by atoms with Crippen molar-refractivity contribution in [2.75, 3.05) is 18.1 Å². The van der Waals surface area contributed by atoms with E-state index in [0.717, 1.165) is 0 Å². The molecule has 0 aromatic heterocycles. The van der Waals surface area contributed by atoms with Gasteiger partial charge in [-0.25, -0.2) is 4.79 Å². The van der Waals surface area contributed by atoms with Crippen molar-refractivity contribution in [3.63, 3.8) is 0 Å². The molecular weight excluding hydrogens is 274 g/mol. The summed E-state index contributed by atoms with van der Waals surface area (Å²) in [6.45, 7) is 4.97. The van der Waals surface area contributed by atoms with Crippen LogP contribution < -0.4 is 9.64 Å². The molecule has 6 heteroatoms. The second kappa shape index (κ2) is 5.73. The maximum absolute atomic E-state index is 12.2. The molecule has 0 saturated heterocycles. The van der Waals surface area contributed by atoms with E-state index in [4.69, 9.17) is 14.6 Å². The Balaban J connectivity index is 2.45. The largest absolute Gasteiger partial charge is 0.482 e. The molecule has 1 aromatic carbocycles. The lowest BCUT2D eigenvalue weighted by Crippen LogP contribution is -2.57. The van der Waals surface area contributed by atoms with Crippen LogP contribution in [0.2, 0.25) is 0 Å². The van der Waals surface area contributed by atoms with Gasteiger partial charge in [0, 0.05) is 0 Å². The Kier molecular flexibility index (Phi) is 4.18. The molecule has 0 spiro atoms. The highest BCUT2D eigenvalue weighted by Gasteiger charge is 2.43. The van der Waals surface area contributed by atoms with Crippen molar-refractivity contribution >= 4 is 17.6 Å². The average molecular weight is 293 g/mol. The number of benzene rings is 1. The predicted molar refractivity (Wildman–Crippen MR) is 76.1 cm³/mol. The summed E-state index contributed by atoms with van der Waals surface area (Å²) in [5.74, 6) is -0.312. The number of nitrogens with zero attached hydrogens (tertiary/aromatic N) is 1. The number of carbonyl (C=O) groups is 2. The summed E-state index contributed by atoms with van der Waals surface area (Å²) >= 11 is 0. The van der Waals surface area contributed by atoms with Crippen LogP contribution in [-0.2, 0) is 20.9 Å². The van der Waals surface area contributed by atoms with Gasteiger partial charge >= 0.3 is 5.97 Å². The molecule has 1 amide bonds. The Morgan fingerprint density at radius 1 is 1.48 bits per heavy atom. The zero-order valence-electron chi connectivity index (χ0n) is 12.4. The van der Waals surface area contributed by atoms with E-state index in [1.807, 2.05) is 0 Å². The summed E-state index contributed by atoms with van der Waals surface area (Å²) < 4.78 is 10.4. The molecule has 1 aromatic rings. The van der Waals surface area contributed by atoms with Crippen LogP contribution in [-0.4, -0.2) is 35.7 Å². The fraction of sp³-hybridized carbons (Fsp3) is 0.467. The topological polar surface area (TPSA) is 76.1 Å². The lowest BCUT2D eigenvalue weighted by Gasteiger charge is -2.39. The molecule has 114 valence electrons. The number of fused-ring (bicyclic) bond motifs is 1. The quantitative estimate of drug-likeness (QED) is 0.845. The second-order valence-corrected chi connectivity index (χ2v) is 5.26. The first-order valence-electron chi connectivity index (χ1n) is 6.78. The van der Waals surface area contributed by atoms with Crippen LogP contribution in [0.5, 0.6) is 5.75 Å². The molecule has 21 heavy (non-hydrogen) atoms. The van der Waals surface area contributed by atoms with Crippen molar-refractivity contribution in [3.05, 3.63) is 23.8 Å². The van der Waals surface area contributed by atoms with E-state index >= 15 is 0 Å². The molecule has 1 N–H and O–H groups in total. The number of carbonyl (C=O) groups excluding carboxylic acids is 2. The molecule has 1 heterocycles. The number of esters is 1. The molecule has 1 aliphatic rings. The number of hydrogen-bond donors (Lipinski definition) is 1. The Morgan fingerprint density at radius 3 is 2.81 bits per heavy atom. The third-order valence-corrected chi connectivity index (χ3v) is 3.38. The molecule has 6 nitrogen and oxygen atoms in total. The number of ether oxygens (including phenoxy) is 2. The summed E-state index contributed by atoms with van der Waals surface area (Å²) in [7, 11) is 0. The van der Waals surface area contributed by atoms with Gasteiger partial charge in [-0.15, -0.1) is 0 Å². The number of aliphatic hydroxyl groups is 1. The first-order chi connectivity index (χ1) is 9.91. The van der Waals surface area contributed by atoms with E-state index in [1.165, 1.54) is 4.90 Å². The van der Waals surface area contributed by atoms with Crippen molar-refractivity contribution in [1.82, 2.24) is 0 Å². The van der Waals surface area contributed by atoms with Gasteiger partial charge in [-0.2, -0.15) is 0 Å². The van der Waals surface area contributed by atoms with E-state index in [9.17, 15) is 9.59 Å². The zero-order valence-corrected chi connectivity index (χ0v) is 12.4. The normalized spacial score (nSPS) is 14.5. The number of rotatable bonds is 4. The van der Waals surface area contributed by atoms with Gasteiger partial charge in [0.15, 0.2) is 6.61 Å². The molecule has 0 saturated carbocycles. The Hall–Kier alpha value is -2.08. The first-order valence-corrected chi connectivity index (χ1v) is 6.78. The molecule has 2 rings (SSSR count). The van der Waals surface area contributed by atoms with Crippen LogP contribution in [0.1, 0.15) is 26.3 Å². The number of hydrogen-bond acceptors (Lipinski definition) is 5. The SMILES string of the molecule is CCOC(=O)C(C)(C)N1C(=O)COc2cc(CO)ccc21. The number of amides is 1. The molecule has 0 unspecified atom stereocenters. The van der Waals surface area contributed by atoms with Crippen molar-refractivity contribution < 1.29 is 24.2 Å². The minimum Gasteiger partial charge on any atom is -0.482 e. The van der Waals surface area contributed by atoms with E-state index in [1.54, 1.807) is 39.0 Å². The molecule has 0 radical (unpaired) electrons. The monoisotopic (exact) mass is 293 g/mol. The Labute approximate surface area is 123 Å². The van der Waals surface area contributed by atoms with Crippen LogP contribution in [0.4, 0.5) is 5.69 Å². The highest BCUT2D eigenvalue weighted by atomic mass is 16.5. The van der Waals surface area contributed by atoms with E-state index in [0.29, 0.717) is 17.0 Å². The molecule has 1 aliphatic heterocycles. The molecule has 0 bridgehead atoms. The van der Waals surface area contributed by atoms with Gasteiger partial charge in [-0.1, -0.05) is 6.07 Å². The van der Waals surface area contributed by atoms with Crippen molar-refractivity contribution in [2.45, 2.75) is 32.9 Å². The molecular formula is C15H19NO5. The maximum atomic E-state index is 12.2. The molecule has 0 atom stereocenters. The van der Waals surface area contributed by atoms with Crippen molar-refractivity contribution in [1.29, 1.82) is 0 Å². The number of aliphatic hydroxyl groups excluding tert-OH is 1. The summed E-state index contributed by atoms with van der Waals surface area (Å²) in [5.41, 5.74) is 0.0466.